The molecule has 1 N–H and O–H groups in total. The Balaban J connectivity index is 1.68. The number of carbonyl (C=O) groups is 2. The molecule has 2 atom stereocenters. The Kier molecular flexibility index (Phi) is 3.47. The zero-order chi connectivity index (χ0) is 14.1. The lowest BCUT2D eigenvalue weighted by Gasteiger charge is -2.19. The Hall–Kier alpha value is -1.84. The van der Waals surface area contributed by atoms with Crippen LogP contribution in [0.5, 0.6) is 0 Å². The Labute approximate surface area is 119 Å². The molecule has 2 fully saturated rings. The molecule has 4 nitrogen and oxygen atoms in total. The van der Waals surface area contributed by atoms with Crippen molar-refractivity contribution < 1.29 is 9.59 Å². The van der Waals surface area contributed by atoms with Crippen molar-refractivity contribution in [2.24, 2.45) is 11.8 Å². The van der Waals surface area contributed by atoms with E-state index < -0.39 is 0 Å². The first-order valence-corrected chi connectivity index (χ1v) is 7.32. The fourth-order valence-electron chi connectivity index (χ4n) is 3.31. The maximum Gasteiger partial charge on any atom is 0.234 e. The Morgan fingerprint density at radius 1 is 1.15 bits per heavy atom. The van der Waals surface area contributed by atoms with Crippen LogP contribution in [0.25, 0.3) is 0 Å². The van der Waals surface area contributed by atoms with Gasteiger partial charge in [-0.15, -0.1) is 0 Å². The monoisotopic (exact) mass is 272 g/mol. The third-order valence-corrected chi connectivity index (χ3v) is 4.39. The van der Waals surface area contributed by atoms with Gasteiger partial charge in [0.05, 0.1) is 18.5 Å². The molecule has 1 aliphatic heterocycles. The van der Waals surface area contributed by atoms with E-state index in [4.69, 9.17) is 0 Å². The molecule has 0 radical (unpaired) electrons. The third kappa shape index (κ3) is 2.30. The summed E-state index contributed by atoms with van der Waals surface area (Å²) in [5.74, 6) is -0.0918. The topological polar surface area (TPSA) is 49.4 Å². The standard InChI is InChI=1S/C16H20N2O2/c1-11-5-4-6-12(9-11)17-10-18-15(19)13-7-2-3-8-14(13)16(18)20/h4-6,9,13-14,17H,2-3,7-8,10H2,1H3. The van der Waals surface area contributed by atoms with Crippen molar-refractivity contribution in [3.8, 4) is 0 Å². The van der Waals surface area contributed by atoms with Crippen LogP contribution >= 0.6 is 0 Å². The van der Waals surface area contributed by atoms with Crippen molar-refractivity contribution in [1.82, 2.24) is 4.90 Å². The second-order valence-corrected chi connectivity index (χ2v) is 5.81. The quantitative estimate of drug-likeness (QED) is 0.860. The van der Waals surface area contributed by atoms with Crippen molar-refractivity contribution in [3.05, 3.63) is 29.8 Å². The number of likely N-dealkylation sites (tertiary alicyclic amines) is 1. The van der Waals surface area contributed by atoms with Crippen LogP contribution in [0.2, 0.25) is 0 Å². The molecule has 0 spiro atoms. The molecule has 1 aromatic carbocycles. The van der Waals surface area contributed by atoms with Crippen LogP contribution in [-0.2, 0) is 9.59 Å². The summed E-state index contributed by atoms with van der Waals surface area (Å²) in [4.78, 5) is 26.0. The molecular formula is C16H20N2O2. The minimum atomic E-state index is -0.0597. The molecule has 1 saturated heterocycles. The predicted octanol–water partition coefficient (Wildman–Crippen LogP) is 2.54. The van der Waals surface area contributed by atoms with E-state index in [2.05, 4.69) is 5.32 Å². The van der Waals surface area contributed by atoms with Crippen LogP contribution in [0.15, 0.2) is 24.3 Å². The average molecular weight is 272 g/mol. The SMILES string of the molecule is Cc1cccc(NCN2C(=O)C3CCCCC3C2=O)c1. The first-order valence-electron chi connectivity index (χ1n) is 7.32. The Morgan fingerprint density at radius 3 is 2.40 bits per heavy atom. The second-order valence-electron chi connectivity index (χ2n) is 5.81. The average Bonchev–Trinajstić information content (AvgIpc) is 2.70. The number of benzene rings is 1. The van der Waals surface area contributed by atoms with E-state index in [0.717, 1.165) is 36.9 Å². The lowest BCUT2D eigenvalue weighted by Crippen LogP contribution is -2.35. The summed E-state index contributed by atoms with van der Waals surface area (Å²) in [6.07, 6.45) is 3.88. The molecule has 2 aliphatic rings. The van der Waals surface area contributed by atoms with Gasteiger partial charge in [-0.1, -0.05) is 25.0 Å². The molecule has 0 bridgehead atoms. The van der Waals surface area contributed by atoms with E-state index in [1.54, 1.807) is 0 Å². The largest absolute Gasteiger partial charge is 0.367 e. The highest BCUT2D eigenvalue weighted by Gasteiger charge is 2.47. The van der Waals surface area contributed by atoms with Crippen molar-refractivity contribution >= 4 is 17.5 Å². The van der Waals surface area contributed by atoms with Gasteiger partial charge >= 0.3 is 0 Å². The number of anilines is 1. The minimum Gasteiger partial charge on any atom is -0.367 e. The van der Waals surface area contributed by atoms with E-state index in [0.29, 0.717) is 0 Å². The van der Waals surface area contributed by atoms with Crippen LogP contribution in [0, 0.1) is 18.8 Å². The molecule has 2 amide bonds. The molecule has 1 heterocycles. The summed E-state index contributed by atoms with van der Waals surface area (Å²) in [7, 11) is 0. The van der Waals surface area contributed by atoms with Gasteiger partial charge in [-0.2, -0.15) is 0 Å². The summed E-state index contributed by atoms with van der Waals surface area (Å²) in [6.45, 7) is 2.31. The number of nitrogens with one attached hydrogen (secondary N) is 1. The fraction of sp³-hybridized carbons (Fsp3) is 0.500. The number of imide groups is 1. The van der Waals surface area contributed by atoms with Crippen molar-refractivity contribution in [2.45, 2.75) is 32.6 Å². The van der Waals surface area contributed by atoms with Crippen molar-refractivity contribution in [2.75, 3.05) is 12.0 Å². The number of rotatable bonds is 3. The fourth-order valence-corrected chi connectivity index (χ4v) is 3.31. The van der Waals surface area contributed by atoms with Gasteiger partial charge in [0.2, 0.25) is 11.8 Å². The predicted molar refractivity (Wildman–Crippen MR) is 77.0 cm³/mol. The van der Waals surface area contributed by atoms with Gasteiger partial charge < -0.3 is 5.32 Å². The summed E-state index contributed by atoms with van der Waals surface area (Å²) in [5, 5.41) is 3.18. The summed E-state index contributed by atoms with van der Waals surface area (Å²) >= 11 is 0. The van der Waals surface area contributed by atoms with E-state index >= 15 is 0 Å². The lowest BCUT2D eigenvalue weighted by atomic mass is 9.81. The molecule has 106 valence electrons. The molecule has 2 unspecified atom stereocenters. The summed E-state index contributed by atoms with van der Waals surface area (Å²) in [6, 6.07) is 7.94. The number of fused-ring (bicyclic) bond motifs is 1. The molecule has 1 saturated carbocycles. The Bertz CT molecular complexity index is 517. The number of carbonyl (C=O) groups excluding carboxylic acids is 2. The van der Waals surface area contributed by atoms with Gasteiger partial charge in [0.1, 0.15) is 0 Å². The zero-order valence-corrected chi connectivity index (χ0v) is 11.8. The molecule has 3 rings (SSSR count). The normalized spacial score (nSPS) is 25.8. The first-order chi connectivity index (χ1) is 9.66. The van der Waals surface area contributed by atoms with Gasteiger partial charge in [-0.3, -0.25) is 14.5 Å². The van der Waals surface area contributed by atoms with E-state index in [-0.39, 0.29) is 30.3 Å². The zero-order valence-electron chi connectivity index (χ0n) is 11.8. The van der Waals surface area contributed by atoms with E-state index in [1.807, 2.05) is 31.2 Å². The molecule has 4 heteroatoms. The van der Waals surface area contributed by atoms with Gasteiger partial charge in [-0.05, 0) is 37.5 Å². The van der Waals surface area contributed by atoms with Crippen LogP contribution in [-0.4, -0.2) is 23.4 Å². The smallest absolute Gasteiger partial charge is 0.234 e. The first kappa shape index (κ1) is 13.2. The molecular weight excluding hydrogens is 252 g/mol. The van der Waals surface area contributed by atoms with E-state index in [1.165, 1.54) is 4.90 Å². The number of amides is 2. The molecule has 0 aromatic heterocycles. The summed E-state index contributed by atoms with van der Waals surface area (Å²) in [5.41, 5.74) is 2.10. The summed E-state index contributed by atoms with van der Waals surface area (Å²) < 4.78 is 0. The van der Waals surface area contributed by atoms with Crippen molar-refractivity contribution in [1.29, 1.82) is 0 Å². The minimum absolute atomic E-state index is 0.0138. The van der Waals surface area contributed by atoms with Gasteiger partial charge in [0.25, 0.3) is 0 Å². The lowest BCUT2D eigenvalue weighted by molar-refractivity contribution is -0.139. The molecule has 1 aliphatic carbocycles. The Morgan fingerprint density at radius 2 is 1.80 bits per heavy atom. The molecule has 20 heavy (non-hydrogen) atoms. The molecule has 1 aromatic rings. The number of aryl methyl sites for hydroxylation is 1. The van der Waals surface area contributed by atoms with Crippen LogP contribution in [0.3, 0.4) is 0 Å². The van der Waals surface area contributed by atoms with Crippen LogP contribution in [0.4, 0.5) is 5.69 Å². The van der Waals surface area contributed by atoms with Crippen molar-refractivity contribution in [3.63, 3.8) is 0 Å². The number of nitrogens with zero attached hydrogens (tertiary/aromatic N) is 1. The highest BCUT2D eigenvalue weighted by Crippen LogP contribution is 2.37. The van der Waals surface area contributed by atoms with Gasteiger partial charge in [0.15, 0.2) is 0 Å². The van der Waals surface area contributed by atoms with Gasteiger partial charge in [0, 0.05) is 5.69 Å². The number of hydrogen-bond acceptors (Lipinski definition) is 3. The van der Waals surface area contributed by atoms with E-state index in [9.17, 15) is 9.59 Å². The van der Waals surface area contributed by atoms with Gasteiger partial charge in [-0.25, -0.2) is 0 Å². The number of hydrogen-bond donors (Lipinski definition) is 1. The third-order valence-electron chi connectivity index (χ3n) is 4.39. The maximum absolute atomic E-state index is 12.3. The maximum atomic E-state index is 12.3. The van der Waals surface area contributed by atoms with Crippen LogP contribution in [0.1, 0.15) is 31.2 Å². The highest BCUT2D eigenvalue weighted by molar-refractivity contribution is 6.05. The second kappa shape index (κ2) is 5.27. The van der Waals surface area contributed by atoms with Crippen LogP contribution < -0.4 is 5.32 Å². The highest BCUT2D eigenvalue weighted by atomic mass is 16.2.